The fraction of sp³-hybridized carbons (Fsp3) is 0.250. The normalized spacial score (nSPS) is 12.3. The van der Waals surface area contributed by atoms with Crippen LogP contribution in [0.1, 0.15) is 24.5 Å². The van der Waals surface area contributed by atoms with Crippen LogP contribution in [0.2, 0.25) is 5.02 Å². The maximum absolute atomic E-state index is 11.0. The van der Waals surface area contributed by atoms with Crippen molar-refractivity contribution in [1.82, 2.24) is 5.48 Å². The molecule has 0 aliphatic rings. The molecule has 0 bridgehead atoms. The quantitative estimate of drug-likeness (QED) is 0.293. The van der Waals surface area contributed by atoms with Crippen LogP contribution in [0.5, 0.6) is 0 Å². The molecule has 0 fully saturated rings. The van der Waals surface area contributed by atoms with Crippen molar-refractivity contribution in [3.63, 3.8) is 0 Å². The van der Waals surface area contributed by atoms with Gasteiger partial charge in [0.2, 0.25) is 5.91 Å². The third kappa shape index (κ3) is 6.28. The van der Waals surface area contributed by atoms with Crippen molar-refractivity contribution in [2.45, 2.75) is 18.9 Å². The van der Waals surface area contributed by atoms with E-state index in [4.69, 9.17) is 26.3 Å². The molecule has 0 saturated carbocycles. The highest BCUT2D eigenvalue weighted by atomic mass is 35.5. The number of hydrogen-bond acceptors (Lipinski definition) is 4. The van der Waals surface area contributed by atoms with Gasteiger partial charge in [0.25, 0.3) is 0 Å². The van der Waals surface area contributed by atoms with Crippen molar-refractivity contribution >= 4 is 17.5 Å². The number of carbonyl (C=O) groups excluding carboxylic acids is 1. The van der Waals surface area contributed by atoms with Gasteiger partial charge in [-0.3, -0.25) is 10.0 Å². The molecular formula is C20H22ClNO4. The van der Waals surface area contributed by atoms with Crippen LogP contribution in [0, 0.1) is 0 Å². The Morgan fingerprint density at radius 2 is 1.73 bits per heavy atom. The first-order chi connectivity index (χ1) is 12.6. The van der Waals surface area contributed by atoms with Crippen LogP contribution in [0.4, 0.5) is 0 Å². The number of hydroxylamine groups is 1. The van der Waals surface area contributed by atoms with Gasteiger partial charge < -0.3 is 9.47 Å². The van der Waals surface area contributed by atoms with Crippen molar-refractivity contribution < 1.29 is 19.5 Å². The largest absolute Gasteiger partial charge is 0.359 e. The molecule has 2 N–H and O–H groups in total. The predicted octanol–water partition coefficient (Wildman–Crippen LogP) is 4.51. The topological polar surface area (TPSA) is 67.8 Å². The summed E-state index contributed by atoms with van der Waals surface area (Å²) in [5.74, 6) is -0.456. The first-order valence-corrected chi connectivity index (χ1v) is 8.56. The average molecular weight is 376 g/mol. The lowest BCUT2D eigenvalue weighted by atomic mass is 10.0. The van der Waals surface area contributed by atoms with E-state index in [9.17, 15) is 4.79 Å². The zero-order chi connectivity index (χ0) is 18.8. The van der Waals surface area contributed by atoms with E-state index in [1.807, 2.05) is 54.6 Å². The SMILES string of the molecule is COCOC(CC=CCC(=O)NO)c1ccc(-c2ccc(Cl)cc2)cc1. The van der Waals surface area contributed by atoms with Gasteiger partial charge in [-0.15, -0.1) is 0 Å². The third-order valence-corrected chi connectivity index (χ3v) is 4.04. The van der Waals surface area contributed by atoms with E-state index in [0.717, 1.165) is 16.7 Å². The molecule has 1 unspecified atom stereocenters. The summed E-state index contributed by atoms with van der Waals surface area (Å²) >= 11 is 5.93. The van der Waals surface area contributed by atoms with Crippen LogP contribution < -0.4 is 5.48 Å². The minimum absolute atomic E-state index is 0.114. The van der Waals surface area contributed by atoms with E-state index < -0.39 is 5.91 Å². The number of hydrogen-bond donors (Lipinski definition) is 2. The molecule has 2 aromatic carbocycles. The van der Waals surface area contributed by atoms with Crippen molar-refractivity contribution in [3.05, 3.63) is 71.3 Å². The summed E-state index contributed by atoms with van der Waals surface area (Å²) in [7, 11) is 1.57. The molecule has 2 aromatic rings. The Labute approximate surface area is 158 Å². The Bertz CT molecular complexity index is 714. The highest BCUT2D eigenvalue weighted by Gasteiger charge is 2.11. The summed E-state index contributed by atoms with van der Waals surface area (Å²) in [6.45, 7) is 0.175. The molecule has 0 saturated heterocycles. The molecule has 0 spiro atoms. The zero-order valence-corrected chi connectivity index (χ0v) is 15.3. The number of amides is 1. The van der Waals surface area contributed by atoms with E-state index in [-0.39, 0.29) is 19.3 Å². The van der Waals surface area contributed by atoms with Gasteiger partial charge in [-0.05, 0) is 35.2 Å². The molecular weight excluding hydrogens is 354 g/mol. The Hall–Kier alpha value is -2.18. The number of methoxy groups -OCH3 is 1. The van der Waals surface area contributed by atoms with Gasteiger partial charge in [-0.1, -0.05) is 60.2 Å². The first-order valence-electron chi connectivity index (χ1n) is 8.18. The highest BCUT2D eigenvalue weighted by molar-refractivity contribution is 6.30. The van der Waals surface area contributed by atoms with Crippen LogP contribution in [-0.2, 0) is 14.3 Å². The Kier molecular flexibility index (Phi) is 8.31. The monoisotopic (exact) mass is 375 g/mol. The summed E-state index contributed by atoms with van der Waals surface area (Å²) in [5, 5.41) is 9.20. The molecule has 0 heterocycles. The summed E-state index contributed by atoms with van der Waals surface area (Å²) in [6.07, 6.45) is 4.05. The molecule has 0 aliphatic carbocycles. The van der Waals surface area contributed by atoms with E-state index in [2.05, 4.69) is 0 Å². The molecule has 1 atom stereocenters. The molecule has 138 valence electrons. The molecule has 0 aromatic heterocycles. The van der Waals surface area contributed by atoms with Crippen molar-refractivity contribution in [2.24, 2.45) is 0 Å². The number of benzene rings is 2. The van der Waals surface area contributed by atoms with Gasteiger partial charge >= 0.3 is 0 Å². The average Bonchev–Trinajstić information content (AvgIpc) is 2.68. The maximum Gasteiger partial charge on any atom is 0.247 e. The molecule has 26 heavy (non-hydrogen) atoms. The fourth-order valence-electron chi connectivity index (χ4n) is 2.44. The summed E-state index contributed by atoms with van der Waals surface area (Å²) in [4.78, 5) is 11.0. The van der Waals surface area contributed by atoms with E-state index >= 15 is 0 Å². The first kappa shape index (κ1) is 20.1. The van der Waals surface area contributed by atoms with Crippen LogP contribution in [-0.4, -0.2) is 25.0 Å². The minimum Gasteiger partial charge on any atom is -0.359 e. The zero-order valence-electron chi connectivity index (χ0n) is 14.5. The maximum atomic E-state index is 11.0. The number of carbonyl (C=O) groups is 1. The molecule has 6 heteroatoms. The lowest BCUT2D eigenvalue weighted by Gasteiger charge is -2.17. The number of nitrogens with one attached hydrogen (secondary N) is 1. The van der Waals surface area contributed by atoms with Crippen LogP contribution >= 0.6 is 11.6 Å². The number of ether oxygens (including phenoxy) is 2. The van der Waals surface area contributed by atoms with Gasteiger partial charge in [0, 0.05) is 18.6 Å². The Morgan fingerprint density at radius 1 is 1.12 bits per heavy atom. The summed E-state index contributed by atoms with van der Waals surface area (Å²) in [6, 6.07) is 15.8. The van der Waals surface area contributed by atoms with Crippen LogP contribution in [0.25, 0.3) is 11.1 Å². The summed E-state index contributed by atoms with van der Waals surface area (Å²) in [5.41, 5.74) is 4.78. The molecule has 5 nitrogen and oxygen atoms in total. The highest BCUT2D eigenvalue weighted by Crippen LogP contribution is 2.26. The van der Waals surface area contributed by atoms with Gasteiger partial charge in [0.1, 0.15) is 6.79 Å². The van der Waals surface area contributed by atoms with E-state index in [1.165, 1.54) is 0 Å². The molecule has 1 amide bonds. The molecule has 0 radical (unpaired) electrons. The second kappa shape index (κ2) is 10.7. The number of halogens is 1. The van der Waals surface area contributed by atoms with E-state index in [0.29, 0.717) is 11.4 Å². The van der Waals surface area contributed by atoms with Crippen molar-refractivity contribution in [3.8, 4) is 11.1 Å². The van der Waals surface area contributed by atoms with Crippen LogP contribution in [0.15, 0.2) is 60.7 Å². The number of rotatable bonds is 9. The fourth-order valence-corrected chi connectivity index (χ4v) is 2.56. The van der Waals surface area contributed by atoms with Crippen molar-refractivity contribution in [2.75, 3.05) is 13.9 Å². The standard InChI is InChI=1S/C20H22ClNO4/c1-25-14-26-19(4-2-3-5-20(23)22-24)17-8-6-15(7-9-17)16-10-12-18(21)13-11-16/h2-3,6-13,19,24H,4-5,14H2,1H3,(H,22,23). The minimum atomic E-state index is -0.456. The molecule has 2 rings (SSSR count). The lowest BCUT2D eigenvalue weighted by molar-refractivity contribution is -0.128. The van der Waals surface area contributed by atoms with Gasteiger partial charge in [-0.2, -0.15) is 0 Å². The second-order valence-electron chi connectivity index (χ2n) is 5.64. The molecule has 0 aliphatic heterocycles. The smallest absolute Gasteiger partial charge is 0.247 e. The summed E-state index contributed by atoms with van der Waals surface area (Å²) < 4.78 is 10.7. The Balaban J connectivity index is 2.06. The van der Waals surface area contributed by atoms with Crippen LogP contribution in [0.3, 0.4) is 0 Å². The van der Waals surface area contributed by atoms with Gasteiger partial charge in [-0.25, -0.2) is 5.48 Å². The third-order valence-electron chi connectivity index (χ3n) is 3.79. The van der Waals surface area contributed by atoms with Gasteiger partial charge in [0.05, 0.1) is 6.10 Å². The predicted molar refractivity (Wildman–Crippen MR) is 101 cm³/mol. The van der Waals surface area contributed by atoms with E-state index in [1.54, 1.807) is 18.7 Å². The lowest BCUT2D eigenvalue weighted by Crippen LogP contribution is -2.16. The Morgan fingerprint density at radius 3 is 2.31 bits per heavy atom. The van der Waals surface area contributed by atoms with Crippen molar-refractivity contribution in [1.29, 1.82) is 0 Å². The second-order valence-corrected chi connectivity index (χ2v) is 6.07. The van der Waals surface area contributed by atoms with Gasteiger partial charge in [0.15, 0.2) is 0 Å².